The third-order valence-electron chi connectivity index (χ3n) is 2.40. The lowest BCUT2D eigenvalue weighted by Gasteiger charge is -2.04. The second kappa shape index (κ2) is 4.67. The molecule has 2 N–H and O–H groups in total. The van der Waals surface area contributed by atoms with Gasteiger partial charge in [-0.2, -0.15) is 0 Å². The molecular weight excluding hydrogens is 240 g/mol. The van der Waals surface area contributed by atoms with Gasteiger partial charge in [0, 0.05) is 0 Å². The first kappa shape index (κ1) is 11.8. The van der Waals surface area contributed by atoms with Gasteiger partial charge < -0.3 is 5.73 Å². The average Bonchev–Trinajstić information content (AvgIpc) is 2.68. The fourth-order valence-electron chi connectivity index (χ4n) is 1.49. The Morgan fingerprint density at radius 3 is 2.47 bits per heavy atom. The van der Waals surface area contributed by atoms with E-state index in [9.17, 15) is 0 Å². The lowest BCUT2D eigenvalue weighted by atomic mass is 10.2. The molecule has 7 heteroatoms. The van der Waals surface area contributed by atoms with E-state index in [-0.39, 0.29) is 5.82 Å². The standard InChI is InChI=1S/C10H13ClN6/c1-3-7-8(4-2)14-15-10(13-7)17-5-6(11)9(12)16-17/h5H,3-4H2,1-2H3,(H2,12,16). The van der Waals surface area contributed by atoms with Crippen molar-refractivity contribution in [2.24, 2.45) is 0 Å². The minimum atomic E-state index is 0.257. The van der Waals surface area contributed by atoms with Crippen LogP contribution in [-0.4, -0.2) is 25.0 Å². The van der Waals surface area contributed by atoms with E-state index in [1.54, 1.807) is 6.20 Å². The Labute approximate surface area is 104 Å². The predicted molar refractivity (Wildman–Crippen MR) is 65.1 cm³/mol. The molecule has 0 spiro atoms. The molecule has 2 heterocycles. The average molecular weight is 253 g/mol. The number of aromatic nitrogens is 5. The van der Waals surface area contributed by atoms with Crippen LogP contribution in [0.4, 0.5) is 5.82 Å². The fourth-order valence-corrected chi connectivity index (χ4v) is 1.62. The summed E-state index contributed by atoms with van der Waals surface area (Å²) in [5.74, 6) is 0.644. The van der Waals surface area contributed by atoms with Crippen LogP contribution < -0.4 is 5.73 Å². The third kappa shape index (κ3) is 2.21. The Morgan fingerprint density at radius 2 is 1.94 bits per heavy atom. The van der Waals surface area contributed by atoms with E-state index >= 15 is 0 Å². The third-order valence-corrected chi connectivity index (χ3v) is 2.69. The Hall–Kier alpha value is -1.69. The zero-order chi connectivity index (χ0) is 12.4. The summed E-state index contributed by atoms with van der Waals surface area (Å²) < 4.78 is 1.43. The molecule has 90 valence electrons. The maximum Gasteiger partial charge on any atom is 0.270 e. The van der Waals surface area contributed by atoms with Crippen molar-refractivity contribution in [1.29, 1.82) is 0 Å². The summed E-state index contributed by atoms with van der Waals surface area (Å²) in [4.78, 5) is 4.40. The number of aryl methyl sites for hydroxylation is 2. The Balaban J connectivity index is 2.46. The summed E-state index contributed by atoms with van der Waals surface area (Å²) in [5, 5.41) is 12.5. The fraction of sp³-hybridized carbons (Fsp3) is 0.400. The molecule has 6 nitrogen and oxygen atoms in total. The van der Waals surface area contributed by atoms with Crippen molar-refractivity contribution < 1.29 is 0 Å². The predicted octanol–water partition coefficient (Wildman–Crippen LogP) is 1.42. The van der Waals surface area contributed by atoms with E-state index in [1.165, 1.54) is 4.68 Å². The van der Waals surface area contributed by atoms with Crippen LogP contribution in [0.25, 0.3) is 5.95 Å². The smallest absolute Gasteiger partial charge is 0.270 e. The molecule has 0 unspecified atom stereocenters. The highest BCUT2D eigenvalue weighted by atomic mass is 35.5. The van der Waals surface area contributed by atoms with Gasteiger partial charge >= 0.3 is 0 Å². The van der Waals surface area contributed by atoms with Gasteiger partial charge in [-0.25, -0.2) is 9.67 Å². The highest BCUT2D eigenvalue weighted by Crippen LogP contribution is 2.17. The van der Waals surface area contributed by atoms with Gasteiger partial charge in [0.1, 0.15) is 5.02 Å². The molecule has 0 aliphatic heterocycles. The van der Waals surface area contributed by atoms with Crippen LogP contribution in [0.1, 0.15) is 25.2 Å². The summed E-state index contributed by atoms with van der Waals surface area (Å²) in [6.45, 7) is 4.05. The number of rotatable bonds is 3. The van der Waals surface area contributed by atoms with E-state index in [4.69, 9.17) is 17.3 Å². The number of anilines is 1. The molecule has 0 amide bonds. The van der Waals surface area contributed by atoms with E-state index < -0.39 is 0 Å². The highest BCUT2D eigenvalue weighted by molar-refractivity contribution is 6.32. The first-order chi connectivity index (χ1) is 8.15. The Bertz CT molecular complexity index is 516. The quantitative estimate of drug-likeness (QED) is 0.893. The molecule has 2 aromatic rings. The van der Waals surface area contributed by atoms with Crippen molar-refractivity contribution in [3.05, 3.63) is 22.6 Å². The van der Waals surface area contributed by atoms with Crippen molar-refractivity contribution in [3.63, 3.8) is 0 Å². The molecule has 2 rings (SSSR count). The molecule has 17 heavy (non-hydrogen) atoms. The number of halogens is 1. The van der Waals surface area contributed by atoms with Gasteiger partial charge in [-0.05, 0) is 12.8 Å². The number of hydrogen-bond acceptors (Lipinski definition) is 5. The SMILES string of the molecule is CCc1nnc(-n2cc(Cl)c(N)n2)nc1CC. The molecule has 0 bridgehead atoms. The van der Waals surface area contributed by atoms with E-state index in [2.05, 4.69) is 20.3 Å². The van der Waals surface area contributed by atoms with Crippen molar-refractivity contribution in [1.82, 2.24) is 25.0 Å². The van der Waals surface area contributed by atoms with Gasteiger partial charge in [0.05, 0.1) is 17.6 Å². The molecule has 0 aliphatic rings. The van der Waals surface area contributed by atoms with E-state index in [0.717, 1.165) is 24.2 Å². The van der Waals surface area contributed by atoms with Gasteiger partial charge in [-0.15, -0.1) is 15.3 Å². The molecule has 0 radical (unpaired) electrons. The number of nitrogen functional groups attached to an aromatic ring is 1. The maximum atomic E-state index is 5.83. The minimum absolute atomic E-state index is 0.257. The summed E-state index contributed by atoms with van der Waals surface area (Å²) in [7, 11) is 0. The Kier molecular flexibility index (Phi) is 3.23. The van der Waals surface area contributed by atoms with E-state index in [1.807, 2.05) is 13.8 Å². The summed E-state index contributed by atoms with van der Waals surface area (Å²) in [6.07, 6.45) is 3.18. The van der Waals surface area contributed by atoms with Gasteiger partial charge in [-0.3, -0.25) is 0 Å². The van der Waals surface area contributed by atoms with Crippen molar-refractivity contribution >= 4 is 17.4 Å². The second-order valence-corrected chi connectivity index (χ2v) is 3.93. The largest absolute Gasteiger partial charge is 0.381 e. The number of hydrogen-bond donors (Lipinski definition) is 1. The van der Waals surface area contributed by atoms with Crippen LogP contribution in [0.15, 0.2) is 6.20 Å². The van der Waals surface area contributed by atoms with Crippen LogP contribution in [0, 0.1) is 0 Å². The zero-order valence-corrected chi connectivity index (χ0v) is 10.4. The summed E-state index contributed by atoms with van der Waals surface area (Å²) >= 11 is 5.83. The van der Waals surface area contributed by atoms with Gasteiger partial charge in [0.2, 0.25) is 0 Å². The number of nitrogens with zero attached hydrogens (tertiary/aromatic N) is 5. The first-order valence-corrected chi connectivity index (χ1v) is 5.77. The van der Waals surface area contributed by atoms with Gasteiger partial charge in [-0.1, -0.05) is 25.4 Å². The molecule has 0 aliphatic carbocycles. The summed E-state index contributed by atoms with van der Waals surface area (Å²) in [6, 6.07) is 0. The molecule has 0 saturated carbocycles. The second-order valence-electron chi connectivity index (χ2n) is 3.52. The van der Waals surface area contributed by atoms with Crippen LogP contribution in [0.5, 0.6) is 0 Å². The van der Waals surface area contributed by atoms with Gasteiger partial charge in [0.25, 0.3) is 5.95 Å². The van der Waals surface area contributed by atoms with Crippen LogP contribution in [0.2, 0.25) is 5.02 Å². The van der Waals surface area contributed by atoms with Crippen LogP contribution >= 0.6 is 11.6 Å². The monoisotopic (exact) mass is 252 g/mol. The topological polar surface area (TPSA) is 82.5 Å². The van der Waals surface area contributed by atoms with Gasteiger partial charge in [0.15, 0.2) is 5.82 Å². The highest BCUT2D eigenvalue weighted by Gasteiger charge is 2.10. The lowest BCUT2D eigenvalue weighted by molar-refractivity contribution is 0.731. The first-order valence-electron chi connectivity index (χ1n) is 5.39. The zero-order valence-electron chi connectivity index (χ0n) is 9.68. The van der Waals surface area contributed by atoms with Crippen LogP contribution in [-0.2, 0) is 12.8 Å². The van der Waals surface area contributed by atoms with Crippen molar-refractivity contribution in [2.75, 3.05) is 5.73 Å². The Morgan fingerprint density at radius 1 is 1.24 bits per heavy atom. The summed E-state index contributed by atoms with van der Waals surface area (Å²) in [5.41, 5.74) is 7.39. The molecular formula is C10H13ClN6. The number of nitrogens with two attached hydrogens (primary N) is 1. The van der Waals surface area contributed by atoms with Crippen molar-refractivity contribution in [2.45, 2.75) is 26.7 Å². The maximum absolute atomic E-state index is 5.83. The molecule has 0 aromatic carbocycles. The lowest BCUT2D eigenvalue weighted by Crippen LogP contribution is -2.09. The molecule has 0 saturated heterocycles. The van der Waals surface area contributed by atoms with Crippen molar-refractivity contribution in [3.8, 4) is 5.95 Å². The normalized spacial score (nSPS) is 10.8. The minimum Gasteiger partial charge on any atom is -0.381 e. The molecule has 2 aromatic heterocycles. The molecule has 0 fully saturated rings. The molecule has 0 atom stereocenters. The van der Waals surface area contributed by atoms with E-state index in [0.29, 0.717) is 11.0 Å². The van der Waals surface area contributed by atoms with Crippen LogP contribution in [0.3, 0.4) is 0 Å².